The van der Waals surface area contributed by atoms with Crippen molar-refractivity contribution in [1.82, 2.24) is 25.4 Å². The highest BCUT2D eigenvalue weighted by Gasteiger charge is 2.22. The summed E-state index contributed by atoms with van der Waals surface area (Å²) in [6.45, 7) is 4.45. The fraction of sp³-hybridized carbons (Fsp3) is 0.600. The lowest BCUT2D eigenvalue weighted by atomic mass is 9.85. The molecule has 0 aliphatic carbocycles. The molecule has 2 aromatic rings. The minimum absolute atomic E-state index is 0.477. The third-order valence-corrected chi connectivity index (χ3v) is 4.18. The van der Waals surface area contributed by atoms with Gasteiger partial charge in [-0.15, -0.1) is 0 Å². The van der Waals surface area contributed by atoms with E-state index in [-0.39, 0.29) is 0 Å². The summed E-state index contributed by atoms with van der Waals surface area (Å²) in [5.74, 6) is 2.80. The van der Waals surface area contributed by atoms with Crippen LogP contribution >= 0.6 is 0 Å². The van der Waals surface area contributed by atoms with Crippen molar-refractivity contribution in [2.24, 2.45) is 11.8 Å². The number of hydrogen-bond acceptors (Lipinski definition) is 7. The highest BCUT2D eigenvalue weighted by atomic mass is 16.5. The summed E-state index contributed by atoms with van der Waals surface area (Å²) in [6.07, 6.45) is 4.73. The number of ether oxygens (including phenoxy) is 1. The Morgan fingerprint density at radius 3 is 3.14 bits per heavy atom. The average Bonchev–Trinajstić information content (AvgIpc) is 3.04. The lowest BCUT2D eigenvalue weighted by molar-refractivity contribution is 0.257. The lowest BCUT2D eigenvalue weighted by Crippen LogP contribution is -2.33. The first-order valence-electron chi connectivity index (χ1n) is 7.66. The number of nitrogens with one attached hydrogen (secondary N) is 1. The topological polar surface area (TPSA) is 86.0 Å². The molecule has 1 N–H and O–H groups in total. The van der Waals surface area contributed by atoms with E-state index in [0.29, 0.717) is 35.1 Å². The number of aromatic nitrogens is 4. The Balaban J connectivity index is 1.67. The van der Waals surface area contributed by atoms with E-state index in [1.807, 2.05) is 0 Å². The van der Waals surface area contributed by atoms with Gasteiger partial charge in [-0.05, 0) is 37.8 Å². The maximum absolute atomic E-state index is 5.37. The molecule has 7 nitrogen and oxygen atoms in total. The van der Waals surface area contributed by atoms with Gasteiger partial charge in [0.1, 0.15) is 12.0 Å². The third-order valence-electron chi connectivity index (χ3n) is 4.18. The Morgan fingerprint density at radius 2 is 2.36 bits per heavy atom. The number of piperidine rings is 1. The molecule has 0 saturated carbocycles. The second-order valence-electron chi connectivity index (χ2n) is 5.75. The molecule has 0 aromatic carbocycles. The summed E-state index contributed by atoms with van der Waals surface area (Å²) < 4.78 is 10.5. The van der Waals surface area contributed by atoms with E-state index in [4.69, 9.17) is 9.26 Å². The average molecular weight is 303 g/mol. The Hall–Kier alpha value is -2.02. The minimum Gasteiger partial charge on any atom is -0.481 e. The maximum atomic E-state index is 5.37. The molecule has 2 aromatic heterocycles. The summed E-state index contributed by atoms with van der Waals surface area (Å²) >= 11 is 0. The highest BCUT2D eigenvalue weighted by molar-refractivity contribution is 5.49. The van der Waals surface area contributed by atoms with Crippen molar-refractivity contribution in [3.63, 3.8) is 0 Å². The molecule has 0 bridgehead atoms. The second kappa shape index (κ2) is 6.83. The first kappa shape index (κ1) is 14.9. The molecule has 1 fully saturated rings. The molecule has 2 atom stereocenters. The van der Waals surface area contributed by atoms with Crippen LogP contribution in [0.5, 0.6) is 5.88 Å². The van der Waals surface area contributed by atoms with Crippen molar-refractivity contribution in [3.8, 4) is 17.4 Å². The predicted octanol–water partition coefficient (Wildman–Crippen LogP) is 1.71. The van der Waals surface area contributed by atoms with E-state index in [1.54, 1.807) is 13.2 Å². The standard InChI is InChI=1S/C15H21N5O2/c1-10(11-4-3-5-16-8-11)6-14-19-15(20-22-14)12-7-13(21-2)18-9-17-12/h7,9-11,16H,3-6,8H2,1-2H3. The first-order valence-corrected chi connectivity index (χ1v) is 7.66. The predicted molar refractivity (Wildman–Crippen MR) is 80.3 cm³/mol. The Bertz CT molecular complexity index is 609. The maximum Gasteiger partial charge on any atom is 0.227 e. The molecule has 0 spiro atoms. The van der Waals surface area contributed by atoms with Crippen molar-refractivity contribution >= 4 is 0 Å². The van der Waals surface area contributed by atoms with Crippen LogP contribution in [0, 0.1) is 11.8 Å². The van der Waals surface area contributed by atoms with E-state index in [1.165, 1.54) is 19.2 Å². The van der Waals surface area contributed by atoms with Crippen LogP contribution in [0.25, 0.3) is 11.5 Å². The number of hydrogen-bond donors (Lipinski definition) is 1. The van der Waals surface area contributed by atoms with Gasteiger partial charge in [0.25, 0.3) is 0 Å². The quantitative estimate of drug-likeness (QED) is 0.899. The van der Waals surface area contributed by atoms with Crippen molar-refractivity contribution in [2.75, 3.05) is 20.2 Å². The van der Waals surface area contributed by atoms with Crippen molar-refractivity contribution in [3.05, 3.63) is 18.3 Å². The van der Waals surface area contributed by atoms with Crippen LogP contribution in [-0.4, -0.2) is 40.3 Å². The van der Waals surface area contributed by atoms with Crippen LogP contribution in [0.4, 0.5) is 0 Å². The van der Waals surface area contributed by atoms with Crippen molar-refractivity contribution in [2.45, 2.75) is 26.2 Å². The summed E-state index contributed by atoms with van der Waals surface area (Å²) in [6, 6.07) is 1.70. The second-order valence-corrected chi connectivity index (χ2v) is 5.75. The zero-order valence-corrected chi connectivity index (χ0v) is 13.0. The zero-order valence-electron chi connectivity index (χ0n) is 13.0. The Morgan fingerprint density at radius 1 is 1.45 bits per heavy atom. The molecule has 118 valence electrons. The van der Waals surface area contributed by atoms with Crippen LogP contribution < -0.4 is 10.1 Å². The van der Waals surface area contributed by atoms with Gasteiger partial charge in [0.2, 0.25) is 17.6 Å². The fourth-order valence-electron chi connectivity index (χ4n) is 2.82. The number of nitrogens with zero attached hydrogens (tertiary/aromatic N) is 4. The molecule has 22 heavy (non-hydrogen) atoms. The SMILES string of the molecule is COc1cc(-c2noc(CC(C)C3CCCNC3)n2)ncn1. The van der Waals surface area contributed by atoms with Crippen LogP contribution in [0.15, 0.2) is 16.9 Å². The molecular formula is C15H21N5O2. The van der Waals surface area contributed by atoms with Crippen LogP contribution in [-0.2, 0) is 6.42 Å². The van der Waals surface area contributed by atoms with E-state index < -0.39 is 0 Å². The Labute approximate surface area is 129 Å². The smallest absolute Gasteiger partial charge is 0.227 e. The first-order chi connectivity index (χ1) is 10.8. The molecule has 1 saturated heterocycles. The van der Waals surface area contributed by atoms with Gasteiger partial charge in [-0.1, -0.05) is 12.1 Å². The van der Waals surface area contributed by atoms with Gasteiger partial charge in [0.05, 0.1) is 7.11 Å². The fourth-order valence-corrected chi connectivity index (χ4v) is 2.82. The minimum atomic E-state index is 0.477. The molecule has 0 amide bonds. The summed E-state index contributed by atoms with van der Waals surface area (Å²) in [5.41, 5.74) is 0.605. The highest BCUT2D eigenvalue weighted by Crippen LogP contribution is 2.24. The molecule has 2 unspecified atom stereocenters. The summed E-state index contributed by atoms with van der Waals surface area (Å²) in [4.78, 5) is 12.6. The van der Waals surface area contributed by atoms with E-state index in [2.05, 4.69) is 32.3 Å². The van der Waals surface area contributed by atoms with E-state index >= 15 is 0 Å². The van der Waals surface area contributed by atoms with Gasteiger partial charge in [-0.2, -0.15) is 4.98 Å². The molecule has 1 aliphatic rings. The van der Waals surface area contributed by atoms with E-state index in [9.17, 15) is 0 Å². The normalized spacial score (nSPS) is 19.8. The monoisotopic (exact) mass is 303 g/mol. The van der Waals surface area contributed by atoms with Crippen LogP contribution in [0.1, 0.15) is 25.7 Å². The molecule has 1 aliphatic heterocycles. The van der Waals surface area contributed by atoms with E-state index in [0.717, 1.165) is 19.5 Å². The molecule has 3 rings (SSSR count). The molecule has 0 radical (unpaired) electrons. The van der Waals surface area contributed by atoms with Gasteiger partial charge in [0.15, 0.2) is 0 Å². The number of methoxy groups -OCH3 is 1. The van der Waals surface area contributed by atoms with Crippen LogP contribution in [0.3, 0.4) is 0 Å². The largest absolute Gasteiger partial charge is 0.481 e. The molecule has 7 heteroatoms. The third kappa shape index (κ3) is 3.41. The van der Waals surface area contributed by atoms with Crippen LogP contribution in [0.2, 0.25) is 0 Å². The van der Waals surface area contributed by atoms with Gasteiger partial charge in [0, 0.05) is 12.5 Å². The lowest BCUT2D eigenvalue weighted by Gasteiger charge is -2.27. The van der Waals surface area contributed by atoms with Crippen molar-refractivity contribution in [1.29, 1.82) is 0 Å². The van der Waals surface area contributed by atoms with Crippen molar-refractivity contribution < 1.29 is 9.26 Å². The Kier molecular flexibility index (Phi) is 4.62. The zero-order chi connectivity index (χ0) is 15.4. The molecule has 3 heterocycles. The molecular weight excluding hydrogens is 282 g/mol. The van der Waals surface area contributed by atoms with Gasteiger partial charge >= 0.3 is 0 Å². The van der Waals surface area contributed by atoms with Gasteiger partial charge in [-0.3, -0.25) is 0 Å². The summed E-state index contributed by atoms with van der Waals surface area (Å²) in [5, 5.41) is 7.46. The van der Waals surface area contributed by atoms with Gasteiger partial charge in [-0.25, -0.2) is 9.97 Å². The summed E-state index contributed by atoms with van der Waals surface area (Å²) in [7, 11) is 1.56. The van der Waals surface area contributed by atoms with Gasteiger partial charge < -0.3 is 14.6 Å². The number of rotatable bonds is 5.